The molecule has 0 unspecified atom stereocenters. The van der Waals surface area contributed by atoms with E-state index in [1.807, 2.05) is 24.3 Å². The number of rotatable bonds is 5. The minimum absolute atomic E-state index is 0.533. The van der Waals surface area contributed by atoms with E-state index >= 15 is 0 Å². The molecule has 0 aliphatic carbocycles. The average Bonchev–Trinajstić information content (AvgIpc) is 2.25. The molecule has 0 amide bonds. The van der Waals surface area contributed by atoms with Crippen molar-refractivity contribution in [3.8, 4) is 0 Å². The van der Waals surface area contributed by atoms with Crippen molar-refractivity contribution in [2.45, 2.75) is 19.9 Å². The summed E-state index contributed by atoms with van der Waals surface area (Å²) in [4.78, 5) is 0. The van der Waals surface area contributed by atoms with Gasteiger partial charge in [-0.3, -0.25) is 0 Å². The Morgan fingerprint density at radius 3 is 2.31 bits per heavy atom. The Bertz CT molecular complexity index is 338. The Kier molecular flexibility index (Phi) is 4.99. The van der Waals surface area contributed by atoms with E-state index < -0.39 is 8.56 Å². The van der Waals surface area contributed by atoms with E-state index in [9.17, 15) is 0 Å². The van der Waals surface area contributed by atoms with Crippen LogP contribution in [0, 0.1) is 5.92 Å². The van der Waals surface area contributed by atoms with Crippen LogP contribution >= 0.6 is 11.6 Å². The first-order valence-corrected chi connectivity index (χ1v) is 7.80. The largest absolute Gasteiger partial charge is 0.394 e. The van der Waals surface area contributed by atoms with E-state index in [-0.39, 0.29) is 0 Å². The lowest BCUT2D eigenvalue weighted by Gasteiger charge is -2.29. The molecule has 0 aliphatic rings. The van der Waals surface area contributed by atoms with Crippen LogP contribution in [0.15, 0.2) is 24.3 Å². The summed E-state index contributed by atoms with van der Waals surface area (Å²) in [6, 6.07) is 8.72. The summed E-state index contributed by atoms with van der Waals surface area (Å²) >= 11 is 6.01. The van der Waals surface area contributed by atoms with Crippen LogP contribution in [0.5, 0.6) is 0 Å². The molecule has 16 heavy (non-hydrogen) atoms. The van der Waals surface area contributed by atoms with Gasteiger partial charge in [-0.2, -0.15) is 0 Å². The zero-order chi connectivity index (χ0) is 12.2. The van der Waals surface area contributed by atoms with E-state index in [0.717, 1.165) is 16.3 Å². The maximum Gasteiger partial charge on any atom is 0.372 e. The maximum absolute atomic E-state index is 6.01. The molecule has 0 N–H and O–H groups in total. The van der Waals surface area contributed by atoms with Gasteiger partial charge in [0.15, 0.2) is 0 Å². The second-order valence-electron chi connectivity index (χ2n) is 4.27. The Labute approximate surface area is 104 Å². The van der Waals surface area contributed by atoms with Crippen molar-refractivity contribution in [3.63, 3.8) is 0 Å². The van der Waals surface area contributed by atoms with Gasteiger partial charge in [0.2, 0.25) is 0 Å². The van der Waals surface area contributed by atoms with Crippen LogP contribution in [0.2, 0.25) is 11.1 Å². The Morgan fingerprint density at radius 2 is 1.88 bits per heavy atom. The van der Waals surface area contributed by atoms with E-state index in [0.29, 0.717) is 5.92 Å². The van der Waals surface area contributed by atoms with Gasteiger partial charge in [-0.25, -0.2) is 0 Å². The van der Waals surface area contributed by atoms with Crippen LogP contribution < -0.4 is 5.19 Å². The van der Waals surface area contributed by atoms with Crippen molar-refractivity contribution >= 4 is 25.3 Å². The van der Waals surface area contributed by atoms with Gasteiger partial charge in [-0.15, -0.1) is 0 Å². The van der Waals surface area contributed by atoms with Crippen molar-refractivity contribution in [1.29, 1.82) is 0 Å². The highest BCUT2D eigenvalue weighted by Gasteiger charge is 2.38. The summed E-state index contributed by atoms with van der Waals surface area (Å²) in [6.45, 7) is 4.34. The predicted octanol–water partition coefficient (Wildman–Crippen LogP) is 2.94. The van der Waals surface area contributed by atoms with Gasteiger partial charge < -0.3 is 8.85 Å². The molecule has 2 nitrogen and oxygen atoms in total. The maximum atomic E-state index is 6.01. The quantitative estimate of drug-likeness (QED) is 0.756. The lowest BCUT2D eigenvalue weighted by molar-refractivity contribution is 0.252. The zero-order valence-corrected chi connectivity index (χ0v) is 12.0. The van der Waals surface area contributed by atoms with Gasteiger partial charge in [0, 0.05) is 19.2 Å². The fourth-order valence-corrected chi connectivity index (χ4v) is 5.16. The molecule has 90 valence electrons. The van der Waals surface area contributed by atoms with Gasteiger partial charge in [-0.05, 0) is 29.3 Å². The second kappa shape index (κ2) is 5.82. The molecular weight excluding hydrogens is 240 g/mol. The summed E-state index contributed by atoms with van der Waals surface area (Å²) in [7, 11) is 1.14. The third-order valence-corrected chi connectivity index (χ3v) is 6.70. The summed E-state index contributed by atoms with van der Waals surface area (Å²) in [5, 5.41) is 1.82. The van der Waals surface area contributed by atoms with E-state index in [1.54, 1.807) is 14.2 Å². The molecule has 0 spiro atoms. The van der Waals surface area contributed by atoms with Crippen LogP contribution in [-0.2, 0) is 8.85 Å². The van der Waals surface area contributed by atoms with Crippen LogP contribution in [0.4, 0.5) is 0 Å². The Morgan fingerprint density at radius 1 is 1.25 bits per heavy atom. The van der Waals surface area contributed by atoms with Crippen molar-refractivity contribution in [2.75, 3.05) is 14.2 Å². The summed E-state index contributed by atoms with van der Waals surface area (Å²) in [5.74, 6) is 0.533. The molecule has 0 atom stereocenters. The van der Waals surface area contributed by atoms with Gasteiger partial charge in [0.1, 0.15) is 0 Å². The third-order valence-electron chi connectivity index (χ3n) is 2.60. The van der Waals surface area contributed by atoms with Crippen molar-refractivity contribution < 1.29 is 8.85 Å². The number of halogens is 1. The summed E-state index contributed by atoms with van der Waals surface area (Å²) in [5.41, 5.74) is 0. The minimum atomic E-state index is -2.30. The van der Waals surface area contributed by atoms with Crippen LogP contribution in [0.3, 0.4) is 0 Å². The minimum Gasteiger partial charge on any atom is -0.394 e. The number of hydrogen-bond acceptors (Lipinski definition) is 2. The monoisotopic (exact) mass is 258 g/mol. The van der Waals surface area contributed by atoms with Gasteiger partial charge >= 0.3 is 8.56 Å². The molecule has 0 fully saturated rings. The first-order chi connectivity index (χ1) is 7.54. The average molecular weight is 259 g/mol. The Balaban J connectivity index is 3.09. The van der Waals surface area contributed by atoms with E-state index in [2.05, 4.69) is 13.8 Å². The molecule has 0 bridgehead atoms. The standard InChI is InChI=1S/C12H19ClO2Si/c1-10(2)9-16(14-3,15-4)12-7-5-6-11(13)8-12/h5-8,10H,9H2,1-4H3. The zero-order valence-electron chi connectivity index (χ0n) is 10.3. The lowest BCUT2D eigenvalue weighted by Crippen LogP contribution is -2.53. The molecule has 0 aromatic heterocycles. The highest BCUT2D eigenvalue weighted by molar-refractivity contribution is 6.81. The van der Waals surface area contributed by atoms with E-state index in [4.69, 9.17) is 20.5 Å². The third kappa shape index (κ3) is 3.07. The lowest BCUT2D eigenvalue weighted by atomic mass is 10.3. The molecule has 0 radical (unpaired) electrons. The van der Waals surface area contributed by atoms with Gasteiger partial charge in [0.05, 0.1) is 0 Å². The topological polar surface area (TPSA) is 18.5 Å². The molecule has 0 saturated carbocycles. The molecule has 1 aromatic carbocycles. The molecule has 0 heterocycles. The molecule has 4 heteroatoms. The second-order valence-corrected chi connectivity index (χ2v) is 8.01. The molecule has 1 aromatic rings. The van der Waals surface area contributed by atoms with Gasteiger partial charge in [0.25, 0.3) is 0 Å². The molecular formula is C12H19ClO2Si. The highest BCUT2D eigenvalue weighted by atomic mass is 35.5. The smallest absolute Gasteiger partial charge is 0.372 e. The number of hydrogen-bond donors (Lipinski definition) is 0. The van der Waals surface area contributed by atoms with Crippen LogP contribution in [0.25, 0.3) is 0 Å². The highest BCUT2D eigenvalue weighted by Crippen LogP contribution is 2.19. The fourth-order valence-electron chi connectivity index (χ4n) is 1.87. The van der Waals surface area contributed by atoms with Crippen molar-refractivity contribution in [3.05, 3.63) is 29.3 Å². The fraction of sp³-hybridized carbons (Fsp3) is 0.500. The van der Waals surface area contributed by atoms with Crippen LogP contribution in [-0.4, -0.2) is 22.8 Å². The van der Waals surface area contributed by atoms with Crippen molar-refractivity contribution in [1.82, 2.24) is 0 Å². The van der Waals surface area contributed by atoms with Crippen LogP contribution in [0.1, 0.15) is 13.8 Å². The number of benzene rings is 1. The van der Waals surface area contributed by atoms with E-state index in [1.165, 1.54) is 0 Å². The molecule has 0 saturated heterocycles. The van der Waals surface area contributed by atoms with Gasteiger partial charge in [-0.1, -0.05) is 37.6 Å². The normalized spacial score (nSPS) is 12.1. The SMILES string of the molecule is CO[Si](CC(C)C)(OC)c1cccc(Cl)c1. The Hall–Kier alpha value is -0.353. The molecule has 0 aliphatic heterocycles. The summed E-state index contributed by atoms with van der Waals surface area (Å²) in [6.07, 6.45) is 0. The first-order valence-electron chi connectivity index (χ1n) is 5.40. The predicted molar refractivity (Wildman–Crippen MR) is 70.5 cm³/mol. The van der Waals surface area contributed by atoms with Crippen molar-refractivity contribution in [2.24, 2.45) is 5.92 Å². The summed E-state index contributed by atoms with van der Waals surface area (Å²) < 4.78 is 11.4. The first kappa shape index (κ1) is 13.7. The molecule has 1 rings (SSSR count).